The highest BCUT2D eigenvalue weighted by Crippen LogP contribution is 2.37. The minimum Gasteiger partial charge on any atom is -0.339 e. The summed E-state index contributed by atoms with van der Waals surface area (Å²) in [6, 6.07) is 10.8. The summed E-state index contributed by atoms with van der Waals surface area (Å²) < 4.78 is 19.1. The van der Waals surface area contributed by atoms with Crippen LogP contribution in [0.25, 0.3) is 11.1 Å². The van der Waals surface area contributed by atoms with Gasteiger partial charge >= 0.3 is 0 Å². The number of halogens is 1. The van der Waals surface area contributed by atoms with Crippen molar-refractivity contribution in [2.24, 2.45) is 7.05 Å². The van der Waals surface area contributed by atoms with Gasteiger partial charge in [0.1, 0.15) is 23.0 Å². The zero-order chi connectivity index (χ0) is 31.2. The second kappa shape index (κ2) is 11.9. The van der Waals surface area contributed by atoms with Gasteiger partial charge in [-0.3, -0.25) is 9.59 Å². The molecule has 0 bridgehead atoms. The molecule has 234 valence electrons. The van der Waals surface area contributed by atoms with Crippen molar-refractivity contribution in [1.29, 1.82) is 0 Å². The van der Waals surface area contributed by atoms with Crippen LogP contribution in [0.1, 0.15) is 71.4 Å². The Balaban J connectivity index is 1.20. The number of likely N-dealkylation sites (tertiary alicyclic amines) is 1. The van der Waals surface area contributed by atoms with E-state index in [0.29, 0.717) is 59.4 Å². The third-order valence-corrected chi connectivity index (χ3v) is 9.99. The number of anilines is 3. The van der Waals surface area contributed by atoms with Gasteiger partial charge in [0.15, 0.2) is 0 Å². The van der Waals surface area contributed by atoms with Gasteiger partial charge in [-0.05, 0) is 124 Å². The molecule has 0 spiro atoms. The molecule has 1 amide bonds. The summed E-state index contributed by atoms with van der Waals surface area (Å²) in [6.45, 7) is 5.37. The van der Waals surface area contributed by atoms with Gasteiger partial charge in [-0.15, -0.1) is 0 Å². The maximum absolute atomic E-state index is 15.4. The van der Waals surface area contributed by atoms with Crippen LogP contribution in [-0.2, 0) is 32.9 Å². The molecule has 3 aliphatic rings. The number of benzene rings is 1. The van der Waals surface area contributed by atoms with E-state index in [1.165, 1.54) is 33.5 Å². The number of amides is 1. The van der Waals surface area contributed by atoms with Crippen molar-refractivity contribution < 1.29 is 9.18 Å². The van der Waals surface area contributed by atoms with Crippen LogP contribution < -0.4 is 15.8 Å². The predicted octanol–water partition coefficient (Wildman–Crippen LogP) is 6.04. The molecule has 0 atom stereocenters. The van der Waals surface area contributed by atoms with E-state index in [2.05, 4.69) is 32.9 Å². The average Bonchev–Trinajstić information content (AvgIpc) is 3.43. The van der Waals surface area contributed by atoms with E-state index in [1.54, 1.807) is 24.2 Å². The molecule has 7 rings (SSSR count). The number of pyridine rings is 2. The van der Waals surface area contributed by atoms with Crippen LogP contribution in [0, 0.1) is 5.82 Å². The molecule has 0 radical (unpaired) electrons. The summed E-state index contributed by atoms with van der Waals surface area (Å²) in [5.74, 6) is 0.579. The Morgan fingerprint density at radius 1 is 0.978 bits per heavy atom. The first-order valence-electron chi connectivity index (χ1n) is 16.3. The number of hydrogen-bond acceptors (Lipinski definition) is 5. The number of aromatic nitrogens is 3. The molecule has 1 fully saturated rings. The summed E-state index contributed by atoms with van der Waals surface area (Å²) >= 11 is 0. The quantitative estimate of drug-likeness (QED) is 0.289. The van der Waals surface area contributed by atoms with Gasteiger partial charge in [-0.25, -0.2) is 9.37 Å². The predicted molar refractivity (Wildman–Crippen MR) is 176 cm³/mol. The Labute approximate surface area is 263 Å². The molecular weight excluding hydrogens is 567 g/mol. The molecule has 0 saturated carbocycles. The molecule has 8 nitrogen and oxygen atoms in total. The van der Waals surface area contributed by atoms with Gasteiger partial charge in [0, 0.05) is 43.8 Å². The smallest absolute Gasteiger partial charge is 0.274 e. The fraction of sp³-hybridized carbons (Fsp3) is 0.417. The standard InChI is InChI=1S/C36H41FN6O2/c1-4-28-29(19-27(37)20-32(28)43-16-15-42-31-8-6-5-7-24(31)18-33(42)36(43)45)26-17-30(35(44)41(3)22-26)39-34-10-9-25(21-38-34)23-11-13-40(2)14-12-23/h9-10,17-23H,4-8,11-16H2,1-3H3,(H,38,39). The van der Waals surface area contributed by atoms with E-state index in [9.17, 15) is 9.59 Å². The molecule has 0 unspecified atom stereocenters. The minimum atomic E-state index is -0.417. The van der Waals surface area contributed by atoms with Crippen molar-refractivity contribution in [1.82, 2.24) is 19.0 Å². The second-order valence-corrected chi connectivity index (χ2v) is 12.9. The molecule has 9 heteroatoms. The number of carbonyl (C=O) groups is 1. The van der Waals surface area contributed by atoms with Crippen molar-refractivity contribution >= 4 is 23.1 Å². The molecule has 4 aromatic rings. The van der Waals surface area contributed by atoms with E-state index in [1.807, 2.05) is 25.3 Å². The summed E-state index contributed by atoms with van der Waals surface area (Å²) in [6.07, 6.45) is 10.8. The van der Waals surface area contributed by atoms with Crippen LogP contribution in [0.5, 0.6) is 0 Å². The SMILES string of the molecule is CCc1c(-c2cc(Nc3ccc(C4CCN(C)CC4)cn3)c(=O)n(C)c2)cc(F)cc1N1CCn2c(cc3c2CCCC3)C1=O. The fourth-order valence-corrected chi connectivity index (χ4v) is 7.51. The average molecular weight is 609 g/mol. The third kappa shape index (κ3) is 5.47. The first kappa shape index (κ1) is 29.5. The number of carbonyl (C=O) groups excluding carboxylic acids is 1. The van der Waals surface area contributed by atoms with Crippen molar-refractivity contribution in [3.63, 3.8) is 0 Å². The Morgan fingerprint density at radius 3 is 2.53 bits per heavy atom. The van der Waals surface area contributed by atoms with Gasteiger partial charge in [-0.1, -0.05) is 13.0 Å². The van der Waals surface area contributed by atoms with Crippen molar-refractivity contribution in [3.05, 3.63) is 93.0 Å². The van der Waals surface area contributed by atoms with E-state index in [0.717, 1.165) is 57.2 Å². The highest BCUT2D eigenvalue weighted by Gasteiger charge is 2.32. The molecular formula is C36H41FN6O2. The van der Waals surface area contributed by atoms with Gasteiger partial charge in [-0.2, -0.15) is 0 Å². The summed E-state index contributed by atoms with van der Waals surface area (Å²) in [7, 11) is 3.85. The van der Waals surface area contributed by atoms with Crippen molar-refractivity contribution in [2.45, 2.75) is 64.3 Å². The Morgan fingerprint density at radius 2 is 1.78 bits per heavy atom. The second-order valence-electron chi connectivity index (χ2n) is 12.9. The fourth-order valence-electron chi connectivity index (χ4n) is 7.51. The van der Waals surface area contributed by atoms with Crippen LogP contribution in [0.3, 0.4) is 0 Å². The zero-order valence-corrected chi connectivity index (χ0v) is 26.4. The maximum atomic E-state index is 15.4. The number of fused-ring (bicyclic) bond motifs is 3. The van der Waals surface area contributed by atoms with Crippen LogP contribution in [-0.4, -0.2) is 51.6 Å². The number of hydrogen-bond donors (Lipinski definition) is 1. The zero-order valence-electron chi connectivity index (χ0n) is 26.4. The number of rotatable bonds is 6. The molecule has 45 heavy (non-hydrogen) atoms. The van der Waals surface area contributed by atoms with E-state index in [4.69, 9.17) is 0 Å². The number of nitrogens with one attached hydrogen (secondary N) is 1. The number of aryl methyl sites for hydroxylation is 2. The van der Waals surface area contributed by atoms with Crippen molar-refractivity contribution in [2.75, 3.05) is 36.9 Å². The molecule has 1 aromatic carbocycles. The number of nitrogens with zero attached hydrogens (tertiary/aromatic N) is 5. The monoisotopic (exact) mass is 608 g/mol. The van der Waals surface area contributed by atoms with Crippen LogP contribution >= 0.6 is 0 Å². The van der Waals surface area contributed by atoms with E-state index < -0.39 is 5.82 Å². The van der Waals surface area contributed by atoms with E-state index >= 15 is 4.39 Å². The molecule has 1 saturated heterocycles. The molecule has 1 N–H and O–H groups in total. The topological polar surface area (TPSA) is 75.4 Å². The molecule has 1 aliphatic carbocycles. The van der Waals surface area contributed by atoms with Gasteiger partial charge in [0.2, 0.25) is 0 Å². The first-order chi connectivity index (χ1) is 21.8. The van der Waals surface area contributed by atoms with Crippen LogP contribution in [0.15, 0.2) is 53.6 Å². The largest absolute Gasteiger partial charge is 0.339 e. The normalized spacial score (nSPS) is 17.3. The molecule has 3 aromatic heterocycles. The minimum absolute atomic E-state index is 0.0838. The highest BCUT2D eigenvalue weighted by molar-refractivity contribution is 6.07. The van der Waals surface area contributed by atoms with Gasteiger partial charge < -0.3 is 24.3 Å². The summed E-state index contributed by atoms with van der Waals surface area (Å²) in [4.78, 5) is 35.8. The lowest BCUT2D eigenvalue weighted by Gasteiger charge is -2.32. The lowest BCUT2D eigenvalue weighted by atomic mass is 9.91. The summed E-state index contributed by atoms with van der Waals surface area (Å²) in [5, 5.41) is 3.22. The Hall–Kier alpha value is -4.24. The third-order valence-electron chi connectivity index (χ3n) is 9.99. The van der Waals surface area contributed by atoms with Gasteiger partial charge in [0.05, 0.1) is 5.69 Å². The maximum Gasteiger partial charge on any atom is 0.274 e. The van der Waals surface area contributed by atoms with Crippen LogP contribution in [0.4, 0.5) is 21.6 Å². The molecule has 5 heterocycles. The Bertz CT molecular complexity index is 1820. The molecule has 2 aliphatic heterocycles. The Kier molecular flexibility index (Phi) is 7.81. The van der Waals surface area contributed by atoms with Crippen LogP contribution in [0.2, 0.25) is 0 Å². The highest BCUT2D eigenvalue weighted by atomic mass is 19.1. The lowest BCUT2D eigenvalue weighted by Crippen LogP contribution is -2.41. The van der Waals surface area contributed by atoms with Crippen molar-refractivity contribution in [3.8, 4) is 11.1 Å². The lowest BCUT2D eigenvalue weighted by molar-refractivity contribution is 0.0964. The van der Waals surface area contributed by atoms with Gasteiger partial charge in [0.25, 0.3) is 11.5 Å². The first-order valence-corrected chi connectivity index (χ1v) is 16.3. The van der Waals surface area contributed by atoms with E-state index in [-0.39, 0.29) is 11.5 Å². The summed E-state index contributed by atoms with van der Waals surface area (Å²) in [5.41, 5.74) is 7.48. The number of piperidine rings is 1.